The quantitative estimate of drug-likeness (QED) is 0.455. The highest BCUT2D eigenvalue weighted by molar-refractivity contribution is 7.93. The van der Waals surface area contributed by atoms with E-state index in [9.17, 15) is 13.2 Å². The zero-order valence-corrected chi connectivity index (χ0v) is 19.6. The number of carbonyl (C=O) groups is 1. The molecule has 9 nitrogen and oxygen atoms in total. The van der Waals surface area contributed by atoms with E-state index in [0.29, 0.717) is 22.6 Å². The Morgan fingerprint density at radius 3 is 2.35 bits per heavy atom. The molecule has 0 aliphatic heterocycles. The van der Waals surface area contributed by atoms with Crippen LogP contribution in [-0.2, 0) is 10.0 Å². The van der Waals surface area contributed by atoms with E-state index in [1.807, 2.05) is 0 Å². The van der Waals surface area contributed by atoms with Gasteiger partial charge in [-0.1, -0.05) is 12.1 Å². The third-order valence-electron chi connectivity index (χ3n) is 5.36. The van der Waals surface area contributed by atoms with Crippen LogP contribution in [0.2, 0.25) is 0 Å². The van der Waals surface area contributed by atoms with Gasteiger partial charge >= 0.3 is 0 Å². The molecule has 172 valence electrons. The number of sulfonamides is 1. The summed E-state index contributed by atoms with van der Waals surface area (Å²) in [4.78, 5) is 23.1. The maximum atomic E-state index is 13.0. The number of nitrogens with one attached hydrogen (secondary N) is 1. The molecule has 0 saturated heterocycles. The van der Waals surface area contributed by atoms with Gasteiger partial charge in [0.25, 0.3) is 5.91 Å². The van der Waals surface area contributed by atoms with Crippen molar-refractivity contribution in [1.82, 2.24) is 14.4 Å². The molecule has 10 heteroatoms. The molecule has 1 amide bonds. The standard InChI is InChI=1S/C24H22N6O3S/c1-16(2)34(32,33)28-19-8-6-18(7-9-19)22-13-27-23-14-26-21(15-30(22)23)24(31)29(3)20-10-4-17(12-25)5-11-20/h4-11,13-16,28H,1-3H3. The molecule has 0 aliphatic carbocycles. The third-order valence-corrected chi connectivity index (χ3v) is 7.13. The molecule has 2 aromatic carbocycles. The van der Waals surface area contributed by atoms with Crippen LogP contribution in [0.25, 0.3) is 16.9 Å². The van der Waals surface area contributed by atoms with E-state index in [0.717, 1.165) is 11.3 Å². The average Bonchev–Trinajstić information content (AvgIpc) is 3.26. The van der Waals surface area contributed by atoms with Gasteiger partial charge in [-0.15, -0.1) is 0 Å². The first-order valence-corrected chi connectivity index (χ1v) is 12.0. The highest BCUT2D eigenvalue weighted by Gasteiger charge is 2.18. The number of hydrogen-bond donors (Lipinski definition) is 1. The maximum absolute atomic E-state index is 13.0. The second kappa shape index (κ2) is 8.96. The summed E-state index contributed by atoms with van der Waals surface area (Å²) < 4.78 is 28.5. The maximum Gasteiger partial charge on any atom is 0.278 e. The monoisotopic (exact) mass is 474 g/mol. The molecule has 0 aliphatic rings. The SMILES string of the molecule is CC(C)S(=O)(=O)Nc1ccc(-c2cnc3cnc(C(=O)N(C)c4ccc(C#N)cc4)cn23)cc1. The van der Waals surface area contributed by atoms with Crippen molar-refractivity contribution < 1.29 is 13.2 Å². The van der Waals surface area contributed by atoms with Gasteiger partial charge in [0, 0.05) is 30.2 Å². The predicted octanol–water partition coefficient (Wildman–Crippen LogP) is 3.69. The van der Waals surface area contributed by atoms with Crippen molar-refractivity contribution in [3.05, 3.63) is 78.4 Å². The van der Waals surface area contributed by atoms with E-state index in [1.165, 1.54) is 11.1 Å². The molecule has 0 fully saturated rings. The van der Waals surface area contributed by atoms with Crippen molar-refractivity contribution in [1.29, 1.82) is 5.26 Å². The van der Waals surface area contributed by atoms with Gasteiger partial charge in [0.05, 0.1) is 35.0 Å². The van der Waals surface area contributed by atoms with Crippen molar-refractivity contribution in [2.24, 2.45) is 0 Å². The van der Waals surface area contributed by atoms with Gasteiger partial charge in [0.15, 0.2) is 5.65 Å². The number of fused-ring (bicyclic) bond motifs is 1. The van der Waals surface area contributed by atoms with Gasteiger partial charge in [-0.05, 0) is 50.2 Å². The van der Waals surface area contributed by atoms with Gasteiger partial charge < -0.3 is 4.90 Å². The first-order valence-electron chi connectivity index (χ1n) is 10.4. The van der Waals surface area contributed by atoms with Crippen molar-refractivity contribution >= 4 is 33.0 Å². The fourth-order valence-electron chi connectivity index (χ4n) is 3.25. The van der Waals surface area contributed by atoms with E-state index in [2.05, 4.69) is 20.8 Å². The number of benzene rings is 2. The zero-order chi connectivity index (χ0) is 24.5. The first-order chi connectivity index (χ1) is 16.2. The second-order valence-corrected chi connectivity index (χ2v) is 10.2. The summed E-state index contributed by atoms with van der Waals surface area (Å²) >= 11 is 0. The zero-order valence-electron chi connectivity index (χ0n) is 18.8. The molecular formula is C24H22N6O3S. The van der Waals surface area contributed by atoms with Crippen molar-refractivity contribution in [3.8, 4) is 17.3 Å². The molecule has 0 atom stereocenters. The minimum absolute atomic E-state index is 0.222. The van der Waals surface area contributed by atoms with E-state index in [4.69, 9.17) is 5.26 Å². The Labute approximate surface area is 197 Å². The van der Waals surface area contributed by atoms with Crippen molar-refractivity contribution in [2.75, 3.05) is 16.7 Å². The van der Waals surface area contributed by atoms with E-state index >= 15 is 0 Å². The van der Waals surface area contributed by atoms with Gasteiger partial charge in [-0.3, -0.25) is 13.9 Å². The summed E-state index contributed by atoms with van der Waals surface area (Å²) in [7, 11) is -1.80. The van der Waals surface area contributed by atoms with Crippen LogP contribution in [0.4, 0.5) is 11.4 Å². The van der Waals surface area contributed by atoms with Crippen LogP contribution >= 0.6 is 0 Å². The van der Waals surface area contributed by atoms with Crippen LogP contribution in [0.3, 0.4) is 0 Å². The highest BCUT2D eigenvalue weighted by atomic mass is 32.2. The molecule has 4 aromatic rings. The molecule has 0 spiro atoms. The highest BCUT2D eigenvalue weighted by Crippen LogP contribution is 2.24. The smallest absolute Gasteiger partial charge is 0.278 e. The number of aromatic nitrogens is 3. The minimum atomic E-state index is -3.44. The lowest BCUT2D eigenvalue weighted by atomic mass is 10.1. The molecule has 0 radical (unpaired) electrons. The van der Waals surface area contributed by atoms with Crippen LogP contribution in [0.1, 0.15) is 29.9 Å². The van der Waals surface area contributed by atoms with Crippen LogP contribution in [0.5, 0.6) is 0 Å². The average molecular weight is 475 g/mol. The van der Waals surface area contributed by atoms with Gasteiger partial charge in [-0.2, -0.15) is 5.26 Å². The molecule has 0 saturated carbocycles. The van der Waals surface area contributed by atoms with Crippen LogP contribution in [-0.4, -0.2) is 41.0 Å². The molecule has 4 rings (SSSR count). The number of imidazole rings is 1. The lowest BCUT2D eigenvalue weighted by Gasteiger charge is -2.17. The number of carbonyl (C=O) groups excluding carboxylic acids is 1. The topological polar surface area (TPSA) is 120 Å². The minimum Gasteiger partial charge on any atom is -0.310 e. The Morgan fingerprint density at radius 1 is 1.06 bits per heavy atom. The summed E-state index contributed by atoms with van der Waals surface area (Å²) in [5.41, 5.74) is 3.92. The van der Waals surface area contributed by atoms with Crippen LogP contribution < -0.4 is 9.62 Å². The Morgan fingerprint density at radius 2 is 1.74 bits per heavy atom. The van der Waals surface area contributed by atoms with Gasteiger partial charge in [-0.25, -0.2) is 18.4 Å². The van der Waals surface area contributed by atoms with E-state index in [1.54, 1.807) is 86.2 Å². The summed E-state index contributed by atoms with van der Waals surface area (Å²) in [6.45, 7) is 3.22. The fourth-order valence-corrected chi connectivity index (χ4v) is 3.95. The number of amides is 1. The number of nitriles is 1. The Balaban J connectivity index is 1.62. The lowest BCUT2D eigenvalue weighted by molar-refractivity contribution is 0.0988. The van der Waals surface area contributed by atoms with Gasteiger partial charge in [0.2, 0.25) is 10.0 Å². The summed E-state index contributed by atoms with van der Waals surface area (Å²) in [5.74, 6) is -0.315. The molecule has 2 heterocycles. The normalized spacial score (nSPS) is 11.4. The summed E-state index contributed by atoms with van der Waals surface area (Å²) in [5, 5.41) is 8.42. The lowest BCUT2D eigenvalue weighted by Crippen LogP contribution is -2.27. The molecular weight excluding hydrogens is 452 g/mol. The van der Waals surface area contributed by atoms with E-state index in [-0.39, 0.29) is 11.6 Å². The first kappa shape index (κ1) is 22.9. The molecule has 34 heavy (non-hydrogen) atoms. The fraction of sp³-hybridized carbons (Fsp3) is 0.167. The summed E-state index contributed by atoms with van der Waals surface area (Å²) in [6, 6.07) is 15.7. The van der Waals surface area contributed by atoms with E-state index < -0.39 is 15.3 Å². The Kier molecular flexibility index (Phi) is 6.04. The number of hydrogen-bond acceptors (Lipinski definition) is 6. The Bertz CT molecular complexity index is 1500. The van der Waals surface area contributed by atoms with Crippen LogP contribution in [0, 0.1) is 11.3 Å². The van der Waals surface area contributed by atoms with Crippen molar-refractivity contribution in [3.63, 3.8) is 0 Å². The Hall–Kier alpha value is -4.23. The third kappa shape index (κ3) is 4.46. The van der Waals surface area contributed by atoms with Crippen molar-refractivity contribution in [2.45, 2.75) is 19.1 Å². The number of anilines is 2. The largest absolute Gasteiger partial charge is 0.310 e. The number of rotatable bonds is 6. The molecule has 2 aromatic heterocycles. The predicted molar refractivity (Wildman–Crippen MR) is 130 cm³/mol. The van der Waals surface area contributed by atoms with Crippen LogP contribution in [0.15, 0.2) is 67.1 Å². The number of nitrogens with zero attached hydrogens (tertiary/aromatic N) is 5. The van der Waals surface area contributed by atoms with Gasteiger partial charge in [0.1, 0.15) is 5.69 Å². The second-order valence-electron chi connectivity index (χ2n) is 7.94. The summed E-state index contributed by atoms with van der Waals surface area (Å²) in [6.07, 6.45) is 4.81. The molecule has 0 bridgehead atoms. The molecule has 1 N–H and O–H groups in total. The molecule has 0 unspecified atom stereocenters.